The predicted molar refractivity (Wildman–Crippen MR) is 58.7 cm³/mol. The molecule has 0 saturated carbocycles. The molecule has 2 aromatic rings. The first-order valence-electron chi connectivity index (χ1n) is 5.18. The van der Waals surface area contributed by atoms with E-state index in [-0.39, 0.29) is 0 Å². The molecule has 3 heteroatoms. The number of hydrogen-bond donors (Lipinski definition) is 0. The van der Waals surface area contributed by atoms with E-state index < -0.39 is 0 Å². The van der Waals surface area contributed by atoms with E-state index in [0.29, 0.717) is 24.4 Å². The Kier molecular flexibility index (Phi) is 2.03. The van der Waals surface area contributed by atoms with Crippen molar-refractivity contribution in [2.45, 2.75) is 6.42 Å². The minimum Gasteiger partial charge on any atom is -0.492 e. The van der Waals surface area contributed by atoms with Gasteiger partial charge in [0.1, 0.15) is 11.5 Å². The van der Waals surface area contributed by atoms with Crippen LogP contribution < -0.4 is 4.74 Å². The van der Waals surface area contributed by atoms with Gasteiger partial charge in [-0.2, -0.15) is 0 Å². The molecule has 3 rings (SSSR count). The lowest BCUT2D eigenvalue weighted by Gasteiger charge is -2.04. The van der Waals surface area contributed by atoms with Crippen molar-refractivity contribution in [1.82, 2.24) is 0 Å². The molecule has 1 aromatic heterocycles. The number of carbonyl (C=O) groups excluding carboxylic acids is 1. The Labute approximate surface area is 92.6 Å². The average Bonchev–Trinajstić information content (AvgIpc) is 2.97. The topological polar surface area (TPSA) is 39.4 Å². The maximum atomic E-state index is 10.6. The Balaban J connectivity index is 2.13. The zero-order valence-electron chi connectivity index (χ0n) is 8.60. The van der Waals surface area contributed by atoms with Crippen LogP contribution in [0, 0.1) is 0 Å². The minimum absolute atomic E-state index is 0.339. The van der Waals surface area contributed by atoms with Crippen molar-refractivity contribution in [2.24, 2.45) is 0 Å². The molecule has 0 amide bonds. The number of fused-ring (bicyclic) bond motifs is 1. The highest BCUT2D eigenvalue weighted by Crippen LogP contribution is 2.37. The Bertz CT molecular complexity index is 540. The molecule has 0 spiro atoms. The van der Waals surface area contributed by atoms with Gasteiger partial charge < -0.3 is 9.15 Å². The van der Waals surface area contributed by atoms with Gasteiger partial charge in [0, 0.05) is 6.42 Å². The van der Waals surface area contributed by atoms with Crippen LogP contribution in [0.1, 0.15) is 16.1 Å². The van der Waals surface area contributed by atoms with Crippen molar-refractivity contribution in [3.63, 3.8) is 0 Å². The lowest BCUT2D eigenvalue weighted by atomic mass is 10.1. The molecule has 0 unspecified atom stereocenters. The number of furan rings is 1. The van der Waals surface area contributed by atoms with E-state index in [4.69, 9.17) is 9.15 Å². The zero-order valence-corrected chi connectivity index (χ0v) is 8.60. The quantitative estimate of drug-likeness (QED) is 0.721. The summed E-state index contributed by atoms with van der Waals surface area (Å²) >= 11 is 0. The monoisotopic (exact) mass is 214 g/mol. The number of hydrogen-bond acceptors (Lipinski definition) is 3. The van der Waals surface area contributed by atoms with E-state index in [1.807, 2.05) is 12.1 Å². The Hall–Kier alpha value is -2.03. The van der Waals surface area contributed by atoms with Crippen LogP contribution >= 0.6 is 0 Å². The summed E-state index contributed by atoms with van der Waals surface area (Å²) in [6.45, 7) is 0.716. The van der Waals surface area contributed by atoms with Crippen LogP contribution in [0.15, 0.2) is 34.7 Å². The molecule has 0 radical (unpaired) electrons. The van der Waals surface area contributed by atoms with Crippen LogP contribution in [0.4, 0.5) is 0 Å². The summed E-state index contributed by atoms with van der Waals surface area (Å²) < 4.78 is 11.0. The van der Waals surface area contributed by atoms with Gasteiger partial charge in [-0.15, -0.1) is 0 Å². The molecular weight excluding hydrogens is 204 g/mol. The Morgan fingerprint density at radius 1 is 1.19 bits per heavy atom. The highest BCUT2D eigenvalue weighted by atomic mass is 16.5. The SMILES string of the molecule is O=Cc1ccc(-c2cccc3c2OCC3)o1. The fraction of sp³-hybridized carbons (Fsp3) is 0.154. The molecule has 1 aliphatic rings. The lowest BCUT2D eigenvalue weighted by Crippen LogP contribution is -1.88. The van der Waals surface area contributed by atoms with Gasteiger partial charge in [0.05, 0.1) is 12.2 Å². The van der Waals surface area contributed by atoms with Crippen molar-refractivity contribution >= 4 is 6.29 Å². The molecule has 3 nitrogen and oxygen atoms in total. The molecule has 0 fully saturated rings. The number of benzene rings is 1. The van der Waals surface area contributed by atoms with E-state index in [1.165, 1.54) is 5.56 Å². The summed E-state index contributed by atoms with van der Waals surface area (Å²) in [5, 5.41) is 0. The summed E-state index contributed by atoms with van der Waals surface area (Å²) in [6.07, 6.45) is 1.64. The number of aldehydes is 1. The second kappa shape index (κ2) is 3.52. The lowest BCUT2D eigenvalue weighted by molar-refractivity contribution is 0.110. The van der Waals surface area contributed by atoms with Gasteiger partial charge in [-0.3, -0.25) is 4.79 Å². The molecule has 16 heavy (non-hydrogen) atoms. The molecule has 0 aliphatic carbocycles. The Morgan fingerprint density at radius 2 is 2.12 bits per heavy atom. The summed E-state index contributed by atoms with van der Waals surface area (Å²) in [5.41, 5.74) is 2.12. The largest absolute Gasteiger partial charge is 0.492 e. The van der Waals surface area contributed by atoms with E-state index >= 15 is 0 Å². The third kappa shape index (κ3) is 1.33. The first-order valence-corrected chi connectivity index (χ1v) is 5.18. The van der Waals surface area contributed by atoms with Crippen LogP contribution in [0.3, 0.4) is 0 Å². The van der Waals surface area contributed by atoms with Crippen molar-refractivity contribution in [1.29, 1.82) is 0 Å². The summed E-state index contributed by atoms with van der Waals surface area (Å²) in [5.74, 6) is 1.90. The molecule has 0 bridgehead atoms. The molecule has 1 aliphatic heterocycles. The van der Waals surface area contributed by atoms with E-state index in [9.17, 15) is 4.79 Å². The van der Waals surface area contributed by atoms with Gasteiger partial charge in [-0.25, -0.2) is 0 Å². The van der Waals surface area contributed by atoms with Crippen LogP contribution in [0.5, 0.6) is 5.75 Å². The highest BCUT2D eigenvalue weighted by molar-refractivity contribution is 5.75. The normalized spacial score (nSPS) is 13.2. The number of carbonyl (C=O) groups is 1. The summed E-state index contributed by atoms with van der Waals surface area (Å²) in [7, 11) is 0. The van der Waals surface area contributed by atoms with Gasteiger partial charge in [-0.1, -0.05) is 12.1 Å². The third-order valence-electron chi connectivity index (χ3n) is 2.72. The van der Waals surface area contributed by atoms with Gasteiger partial charge in [0.15, 0.2) is 12.0 Å². The number of para-hydroxylation sites is 1. The van der Waals surface area contributed by atoms with Crippen LogP contribution in [0.2, 0.25) is 0 Å². The van der Waals surface area contributed by atoms with Crippen LogP contribution in [-0.2, 0) is 6.42 Å². The van der Waals surface area contributed by atoms with Crippen molar-refractivity contribution < 1.29 is 13.9 Å². The third-order valence-corrected chi connectivity index (χ3v) is 2.72. The van der Waals surface area contributed by atoms with Crippen LogP contribution in [-0.4, -0.2) is 12.9 Å². The van der Waals surface area contributed by atoms with Gasteiger partial charge in [0.25, 0.3) is 0 Å². The molecule has 0 N–H and O–H groups in total. The number of rotatable bonds is 2. The second-order valence-corrected chi connectivity index (χ2v) is 3.71. The molecule has 2 heterocycles. The van der Waals surface area contributed by atoms with E-state index in [2.05, 4.69) is 6.07 Å². The average molecular weight is 214 g/mol. The predicted octanol–water partition coefficient (Wildman–Crippen LogP) is 2.69. The fourth-order valence-electron chi connectivity index (χ4n) is 1.97. The maximum Gasteiger partial charge on any atom is 0.185 e. The van der Waals surface area contributed by atoms with Crippen molar-refractivity contribution in [2.75, 3.05) is 6.61 Å². The smallest absolute Gasteiger partial charge is 0.185 e. The van der Waals surface area contributed by atoms with E-state index in [0.717, 1.165) is 17.7 Å². The van der Waals surface area contributed by atoms with Gasteiger partial charge in [-0.05, 0) is 23.8 Å². The summed E-state index contributed by atoms with van der Waals surface area (Å²) in [4.78, 5) is 10.6. The highest BCUT2D eigenvalue weighted by Gasteiger charge is 2.18. The van der Waals surface area contributed by atoms with E-state index in [1.54, 1.807) is 12.1 Å². The first kappa shape index (κ1) is 9.21. The van der Waals surface area contributed by atoms with Gasteiger partial charge >= 0.3 is 0 Å². The molecule has 80 valence electrons. The molecule has 1 aromatic carbocycles. The Morgan fingerprint density at radius 3 is 2.94 bits per heavy atom. The first-order chi connectivity index (χ1) is 7.88. The number of ether oxygens (including phenoxy) is 1. The van der Waals surface area contributed by atoms with Crippen LogP contribution in [0.25, 0.3) is 11.3 Å². The summed E-state index contributed by atoms with van der Waals surface area (Å²) in [6, 6.07) is 9.43. The molecular formula is C13H10O3. The second-order valence-electron chi connectivity index (χ2n) is 3.71. The molecule has 0 atom stereocenters. The van der Waals surface area contributed by atoms with Crippen molar-refractivity contribution in [3.8, 4) is 17.1 Å². The molecule has 0 saturated heterocycles. The maximum absolute atomic E-state index is 10.6. The zero-order chi connectivity index (χ0) is 11.0. The van der Waals surface area contributed by atoms with Gasteiger partial charge in [0.2, 0.25) is 0 Å². The fourth-order valence-corrected chi connectivity index (χ4v) is 1.97. The standard InChI is InChI=1S/C13H10O3/c14-8-10-4-5-12(16-10)11-3-1-2-9-6-7-15-13(9)11/h1-5,8H,6-7H2. The minimum atomic E-state index is 0.339. The van der Waals surface area contributed by atoms with Crippen molar-refractivity contribution in [3.05, 3.63) is 41.7 Å².